The van der Waals surface area contributed by atoms with Crippen molar-refractivity contribution < 1.29 is 0 Å². The molecule has 0 amide bonds. The van der Waals surface area contributed by atoms with E-state index in [-0.39, 0.29) is 0 Å². The first kappa shape index (κ1) is 28.2. The van der Waals surface area contributed by atoms with Crippen molar-refractivity contribution in [3.05, 3.63) is 182 Å². The number of hydrogen-bond donors (Lipinski definition) is 0. The van der Waals surface area contributed by atoms with Gasteiger partial charge in [0.2, 0.25) is 0 Å². The van der Waals surface area contributed by atoms with E-state index in [9.17, 15) is 0 Å². The number of fused-ring (bicyclic) bond motifs is 5. The average Bonchev–Trinajstić information content (AvgIpc) is 3.55. The molecule has 9 aromatic rings. The van der Waals surface area contributed by atoms with Crippen LogP contribution in [0.15, 0.2) is 182 Å². The van der Waals surface area contributed by atoms with Crippen LogP contribution in [0.3, 0.4) is 0 Å². The van der Waals surface area contributed by atoms with Crippen LogP contribution in [-0.2, 0) is 0 Å². The molecular weight excluding hydrogens is 601 g/mol. The summed E-state index contributed by atoms with van der Waals surface area (Å²) in [6, 6.07) is 61.2. The maximum Gasteiger partial charge on any atom is 0.0540 e. The van der Waals surface area contributed by atoms with E-state index in [0.29, 0.717) is 0 Å². The Labute approximate surface area is 283 Å². The number of para-hydroxylation sites is 1. The zero-order valence-corrected chi connectivity index (χ0v) is 26.9. The van der Waals surface area contributed by atoms with E-state index in [1.165, 1.54) is 64.3 Å². The van der Waals surface area contributed by atoms with Gasteiger partial charge in [0.1, 0.15) is 0 Å². The minimum atomic E-state index is 1.11. The molecule has 0 fully saturated rings. The summed E-state index contributed by atoms with van der Waals surface area (Å²) >= 11 is 1.85. The van der Waals surface area contributed by atoms with Crippen LogP contribution in [0.5, 0.6) is 0 Å². The number of benzene rings is 7. The Morgan fingerprint density at radius 3 is 1.75 bits per heavy atom. The van der Waals surface area contributed by atoms with E-state index < -0.39 is 0 Å². The van der Waals surface area contributed by atoms with E-state index in [1.54, 1.807) is 0 Å². The largest absolute Gasteiger partial charge is 0.310 e. The highest BCUT2D eigenvalue weighted by atomic mass is 32.1. The first-order valence-corrected chi connectivity index (χ1v) is 17.0. The monoisotopic (exact) mass is 630 g/mol. The van der Waals surface area contributed by atoms with Crippen molar-refractivity contribution in [3.63, 3.8) is 0 Å². The molecule has 0 aliphatic heterocycles. The van der Waals surface area contributed by atoms with Crippen molar-refractivity contribution in [2.75, 3.05) is 4.90 Å². The third-order valence-corrected chi connectivity index (χ3v) is 10.3. The van der Waals surface area contributed by atoms with Crippen molar-refractivity contribution in [2.24, 2.45) is 0 Å². The van der Waals surface area contributed by atoms with Crippen molar-refractivity contribution in [2.45, 2.75) is 0 Å². The van der Waals surface area contributed by atoms with Gasteiger partial charge in [-0.1, -0.05) is 115 Å². The van der Waals surface area contributed by atoms with Gasteiger partial charge in [0.15, 0.2) is 0 Å². The molecule has 0 atom stereocenters. The Kier molecular flexibility index (Phi) is 7.03. The van der Waals surface area contributed by atoms with Gasteiger partial charge in [-0.05, 0) is 87.8 Å². The molecule has 2 aromatic heterocycles. The van der Waals surface area contributed by atoms with Crippen molar-refractivity contribution in [1.29, 1.82) is 0 Å². The van der Waals surface area contributed by atoms with Gasteiger partial charge in [0.05, 0.1) is 5.69 Å². The summed E-state index contributed by atoms with van der Waals surface area (Å²) in [5.41, 5.74) is 10.5. The van der Waals surface area contributed by atoms with Crippen molar-refractivity contribution in [3.8, 4) is 33.4 Å². The third-order valence-electron chi connectivity index (χ3n) is 9.17. The third kappa shape index (κ3) is 5.02. The first-order chi connectivity index (χ1) is 23.8. The van der Waals surface area contributed by atoms with Gasteiger partial charge in [-0.25, -0.2) is 0 Å². The quantitative estimate of drug-likeness (QED) is 0.182. The first-order valence-electron chi connectivity index (χ1n) is 16.2. The molecule has 2 heterocycles. The normalized spacial score (nSPS) is 11.3. The number of pyridine rings is 1. The Bertz CT molecular complexity index is 2540. The summed E-state index contributed by atoms with van der Waals surface area (Å²) < 4.78 is 2.59. The van der Waals surface area contributed by atoms with Gasteiger partial charge < -0.3 is 4.90 Å². The van der Waals surface area contributed by atoms with Crippen LogP contribution in [0.4, 0.5) is 17.1 Å². The van der Waals surface area contributed by atoms with Crippen LogP contribution in [-0.4, -0.2) is 4.98 Å². The molecule has 7 aromatic carbocycles. The molecule has 3 heteroatoms. The van der Waals surface area contributed by atoms with Crippen LogP contribution in [0.2, 0.25) is 0 Å². The lowest BCUT2D eigenvalue weighted by Crippen LogP contribution is -2.11. The molecule has 9 rings (SSSR count). The minimum Gasteiger partial charge on any atom is -0.310 e. The second-order valence-corrected chi connectivity index (χ2v) is 13.1. The Balaban J connectivity index is 1.15. The van der Waals surface area contributed by atoms with Crippen LogP contribution in [0, 0.1) is 0 Å². The summed E-state index contributed by atoms with van der Waals surface area (Å²) in [7, 11) is 0. The summed E-state index contributed by atoms with van der Waals surface area (Å²) in [5.74, 6) is 0. The highest BCUT2D eigenvalue weighted by Crippen LogP contribution is 2.43. The predicted octanol–water partition coefficient (Wildman–Crippen LogP) is 13.1. The van der Waals surface area contributed by atoms with Gasteiger partial charge in [-0.3, -0.25) is 4.98 Å². The highest BCUT2D eigenvalue weighted by molar-refractivity contribution is 7.26. The van der Waals surface area contributed by atoms with Crippen LogP contribution in [0.1, 0.15) is 0 Å². The molecule has 0 saturated carbocycles. The van der Waals surface area contributed by atoms with E-state index in [2.05, 4.69) is 180 Å². The Morgan fingerprint density at radius 2 is 1.02 bits per heavy atom. The van der Waals surface area contributed by atoms with Crippen LogP contribution >= 0.6 is 11.3 Å². The minimum absolute atomic E-state index is 1.11. The van der Waals surface area contributed by atoms with E-state index in [4.69, 9.17) is 0 Å². The number of hydrogen-bond acceptors (Lipinski definition) is 3. The van der Waals surface area contributed by atoms with Gasteiger partial charge in [0, 0.05) is 54.9 Å². The van der Waals surface area contributed by atoms with E-state index >= 15 is 0 Å². The fourth-order valence-corrected chi connectivity index (χ4v) is 7.91. The number of anilines is 3. The number of nitrogens with zero attached hydrogens (tertiary/aromatic N) is 2. The zero-order valence-electron chi connectivity index (χ0n) is 26.1. The SMILES string of the molecule is c1ccc(-c2ccc(N(c3ccc(-c4ccc5sc6ccc7ccncc7c6c5c4)cc3)c3ccccc3-c3ccccc3)cc2)cc1. The van der Waals surface area contributed by atoms with Gasteiger partial charge in [-0.15, -0.1) is 11.3 Å². The standard InChI is InChI=1S/C45H30N2S/c1-3-9-31(10-4-1)32-15-21-37(22-16-32)47(42-14-8-7-13-39(42)34-11-5-2-6-12-34)38-23-17-33(18-24-38)36-20-25-43-40(29-36)45-41-30-46-28-27-35(41)19-26-44(45)48-43/h1-30H. The fraction of sp³-hybridized carbons (Fsp3) is 0. The summed E-state index contributed by atoms with van der Waals surface area (Å²) in [6.45, 7) is 0. The second-order valence-electron chi connectivity index (χ2n) is 12.0. The molecule has 0 aliphatic carbocycles. The summed E-state index contributed by atoms with van der Waals surface area (Å²) in [5, 5.41) is 5.01. The molecule has 0 bridgehead atoms. The van der Waals surface area contributed by atoms with E-state index in [1.807, 2.05) is 23.7 Å². The molecule has 0 spiro atoms. The lowest BCUT2D eigenvalue weighted by Gasteiger charge is -2.28. The summed E-state index contributed by atoms with van der Waals surface area (Å²) in [4.78, 5) is 6.82. The zero-order chi connectivity index (χ0) is 31.9. The van der Waals surface area contributed by atoms with E-state index in [0.717, 1.165) is 17.1 Å². The highest BCUT2D eigenvalue weighted by Gasteiger charge is 2.18. The van der Waals surface area contributed by atoms with Crippen molar-refractivity contribution >= 4 is 59.3 Å². The van der Waals surface area contributed by atoms with Gasteiger partial charge >= 0.3 is 0 Å². The number of aromatic nitrogens is 1. The second kappa shape index (κ2) is 12.0. The Hall–Kier alpha value is -6.03. The molecule has 48 heavy (non-hydrogen) atoms. The van der Waals surface area contributed by atoms with Gasteiger partial charge in [0.25, 0.3) is 0 Å². The number of thiophene rings is 1. The molecule has 0 radical (unpaired) electrons. The molecule has 0 N–H and O–H groups in total. The molecule has 2 nitrogen and oxygen atoms in total. The topological polar surface area (TPSA) is 16.1 Å². The molecule has 0 saturated heterocycles. The lowest BCUT2D eigenvalue weighted by atomic mass is 9.99. The van der Waals surface area contributed by atoms with Crippen LogP contribution < -0.4 is 4.90 Å². The lowest BCUT2D eigenvalue weighted by molar-refractivity contribution is 1.28. The fourth-order valence-electron chi connectivity index (χ4n) is 6.81. The number of rotatable bonds is 6. The molecular formula is C45H30N2S. The molecule has 226 valence electrons. The Morgan fingerprint density at radius 1 is 0.438 bits per heavy atom. The summed E-state index contributed by atoms with van der Waals surface area (Å²) in [6.07, 6.45) is 3.87. The van der Waals surface area contributed by atoms with Crippen molar-refractivity contribution in [1.82, 2.24) is 4.98 Å². The molecule has 0 aliphatic rings. The predicted molar refractivity (Wildman–Crippen MR) is 206 cm³/mol. The average molecular weight is 631 g/mol. The van der Waals surface area contributed by atoms with Crippen LogP contribution in [0.25, 0.3) is 64.3 Å². The van der Waals surface area contributed by atoms with Gasteiger partial charge in [-0.2, -0.15) is 0 Å². The molecule has 0 unspecified atom stereocenters. The maximum absolute atomic E-state index is 4.45. The smallest absolute Gasteiger partial charge is 0.0540 e. The maximum atomic E-state index is 4.45.